The van der Waals surface area contributed by atoms with Crippen LogP contribution in [-0.4, -0.2) is 30.8 Å². The average molecular weight is 278 g/mol. The fourth-order valence-corrected chi connectivity index (χ4v) is 1.68. The van der Waals surface area contributed by atoms with Gasteiger partial charge in [-0.1, -0.05) is 18.2 Å². The highest BCUT2D eigenvalue weighted by molar-refractivity contribution is 5.75. The number of carboxylic acid groups (broad SMARTS) is 1. The summed E-state index contributed by atoms with van der Waals surface area (Å²) in [5.41, 5.74) is 1.38. The highest BCUT2D eigenvalue weighted by Gasteiger charge is 2.06. The average Bonchev–Trinajstić information content (AvgIpc) is 2.40. The van der Waals surface area contributed by atoms with E-state index in [0.29, 0.717) is 17.9 Å². The molecule has 1 rings (SSSR count). The van der Waals surface area contributed by atoms with Crippen LogP contribution in [0.15, 0.2) is 24.3 Å². The number of methoxy groups -OCH3 is 1. The molecule has 0 bridgehead atoms. The first-order valence-corrected chi connectivity index (χ1v) is 6.27. The maximum absolute atomic E-state index is 11.2. The molecule has 0 aliphatic carbocycles. The molecule has 0 saturated carbocycles. The Labute approximate surface area is 117 Å². The first-order chi connectivity index (χ1) is 9.56. The second-order valence-corrected chi connectivity index (χ2v) is 4.05. The van der Waals surface area contributed by atoms with Gasteiger partial charge in [0.1, 0.15) is 5.75 Å². The summed E-state index contributed by atoms with van der Waals surface area (Å²) < 4.78 is 9.92. The molecule has 20 heavy (non-hydrogen) atoms. The maximum atomic E-state index is 11.2. The van der Waals surface area contributed by atoms with Crippen molar-refractivity contribution in [1.82, 2.24) is 0 Å². The number of benzene rings is 1. The molecule has 108 valence electrons. The van der Waals surface area contributed by atoms with Crippen LogP contribution in [-0.2, 0) is 20.7 Å². The smallest absolute Gasteiger partial charge is 0.309 e. The normalized spacial score (nSPS) is 10.5. The van der Waals surface area contributed by atoms with Crippen molar-refractivity contribution in [3.05, 3.63) is 35.4 Å². The summed E-state index contributed by atoms with van der Waals surface area (Å²) in [7, 11) is 1.54. The van der Waals surface area contributed by atoms with Gasteiger partial charge < -0.3 is 14.6 Å². The van der Waals surface area contributed by atoms with Crippen LogP contribution >= 0.6 is 0 Å². The van der Waals surface area contributed by atoms with Crippen molar-refractivity contribution in [3.8, 4) is 5.75 Å². The van der Waals surface area contributed by atoms with Gasteiger partial charge in [-0.2, -0.15) is 0 Å². The number of hydrogen-bond acceptors (Lipinski definition) is 4. The Morgan fingerprint density at radius 2 is 2.10 bits per heavy atom. The molecule has 0 spiro atoms. The number of aliphatic carboxylic acids is 1. The lowest BCUT2D eigenvalue weighted by Gasteiger charge is -2.06. The second kappa shape index (κ2) is 7.99. The van der Waals surface area contributed by atoms with Gasteiger partial charge in [-0.15, -0.1) is 0 Å². The predicted octanol–water partition coefficient (Wildman–Crippen LogP) is 2.29. The number of esters is 1. The molecular weight excluding hydrogens is 260 g/mol. The minimum Gasteiger partial charge on any atom is -0.497 e. The van der Waals surface area contributed by atoms with E-state index in [1.54, 1.807) is 37.3 Å². The summed E-state index contributed by atoms with van der Waals surface area (Å²) >= 11 is 0. The maximum Gasteiger partial charge on any atom is 0.309 e. The molecule has 0 aliphatic heterocycles. The highest BCUT2D eigenvalue weighted by atomic mass is 16.5. The van der Waals surface area contributed by atoms with Gasteiger partial charge in [0.2, 0.25) is 0 Å². The monoisotopic (exact) mass is 278 g/mol. The Morgan fingerprint density at radius 3 is 2.70 bits per heavy atom. The highest BCUT2D eigenvalue weighted by Crippen LogP contribution is 2.20. The van der Waals surface area contributed by atoms with Gasteiger partial charge in [0.05, 0.1) is 26.6 Å². The molecule has 0 radical (unpaired) electrons. The van der Waals surface area contributed by atoms with Crippen LogP contribution in [0.5, 0.6) is 5.75 Å². The fraction of sp³-hybridized carbons (Fsp3) is 0.333. The molecule has 0 unspecified atom stereocenters. The van der Waals surface area contributed by atoms with Crippen molar-refractivity contribution in [2.45, 2.75) is 19.8 Å². The molecule has 0 atom stereocenters. The van der Waals surface area contributed by atoms with E-state index in [-0.39, 0.29) is 18.8 Å². The first kappa shape index (κ1) is 15.8. The van der Waals surface area contributed by atoms with Crippen molar-refractivity contribution in [3.63, 3.8) is 0 Å². The molecule has 5 heteroatoms. The minimum absolute atomic E-state index is 0.0803. The van der Waals surface area contributed by atoms with E-state index >= 15 is 0 Å². The van der Waals surface area contributed by atoms with Gasteiger partial charge in [-0.25, -0.2) is 0 Å². The number of rotatable bonds is 7. The van der Waals surface area contributed by atoms with E-state index in [2.05, 4.69) is 0 Å². The lowest BCUT2D eigenvalue weighted by molar-refractivity contribution is -0.142. The molecule has 1 N–H and O–H groups in total. The topological polar surface area (TPSA) is 72.8 Å². The van der Waals surface area contributed by atoms with E-state index in [4.69, 9.17) is 14.6 Å². The summed E-state index contributed by atoms with van der Waals surface area (Å²) in [5, 5.41) is 8.87. The molecule has 1 aromatic carbocycles. The molecule has 0 amide bonds. The van der Waals surface area contributed by atoms with Crippen LogP contribution < -0.4 is 4.74 Å². The van der Waals surface area contributed by atoms with Gasteiger partial charge in [0.25, 0.3) is 0 Å². The molecule has 0 aliphatic rings. The van der Waals surface area contributed by atoms with E-state index in [9.17, 15) is 9.59 Å². The largest absolute Gasteiger partial charge is 0.497 e. The Hall–Kier alpha value is -2.30. The van der Waals surface area contributed by atoms with Gasteiger partial charge >= 0.3 is 11.9 Å². The third-order valence-electron chi connectivity index (χ3n) is 2.58. The molecule has 0 fully saturated rings. The summed E-state index contributed by atoms with van der Waals surface area (Å²) in [4.78, 5) is 22.0. The zero-order valence-corrected chi connectivity index (χ0v) is 11.6. The summed E-state index contributed by atoms with van der Waals surface area (Å²) in [6.45, 7) is 2.09. The quantitative estimate of drug-likeness (QED) is 0.775. The van der Waals surface area contributed by atoms with Crippen LogP contribution in [0.3, 0.4) is 0 Å². The third-order valence-corrected chi connectivity index (χ3v) is 2.58. The Morgan fingerprint density at radius 1 is 1.35 bits per heavy atom. The van der Waals surface area contributed by atoms with Crippen LogP contribution in [0, 0.1) is 0 Å². The van der Waals surface area contributed by atoms with Crippen molar-refractivity contribution in [2.24, 2.45) is 0 Å². The van der Waals surface area contributed by atoms with Gasteiger partial charge in [-0.05, 0) is 30.2 Å². The minimum atomic E-state index is -0.907. The Bertz CT molecular complexity index is 505. The number of carboxylic acids is 1. The lowest BCUT2D eigenvalue weighted by Crippen LogP contribution is -2.03. The van der Waals surface area contributed by atoms with E-state index in [1.165, 1.54) is 7.11 Å². The molecular formula is C15H18O5. The zero-order chi connectivity index (χ0) is 15.0. The van der Waals surface area contributed by atoms with Crippen LogP contribution in [0.25, 0.3) is 6.08 Å². The Kier molecular flexibility index (Phi) is 6.29. The van der Waals surface area contributed by atoms with Crippen LogP contribution in [0.4, 0.5) is 0 Å². The van der Waals surface area contributed by atoms with Gasteiger partial charge in [0.15, 0.2) is 0 Å². The summed E-state index contributed by atoms with van der Waals surface area (Å²) in [5.74, 6) is -0.587. The Balaban J connectivity index is 2.86. The van der Waals surface area contributed by atoms with Crippen LogP contribution in [0.2, 0.25) is 0 Å². The third kappa shape index (κ3) is 5.14. The number of carbonyl (C=O) groups is 2. The molecule has 5 nitrogen and oxygen atoms in total. The predicted molar refractivity (Wildman–Crippen MR) is 74.6 cm³/mol. The SMILES string of the molecule is CCOC(=O)CC=Cc1cc(OC)ccc1CC(=O)O. The van der Waals surface area contributed by atoms with Crippen molar-refractivity contribution >= 4 is 18.0 Å². The fourth-order valence-electron chi connectivity index (χ4n) is 1.68. The van der Waals surface area contributed by atoms with E-state index < -0.39 is 5.97 Å². The van der Waals surface area contributed by atoms with Crippen LogP contribution in [0.1, 0.15) is 24.5 Å². The molecule has 0 saturated heterocycles. The molecule has 0 aromatic heterocycles. The lowest BCUT2D eigenvalue weighted by atomic mass is 10.0. The van der Waals surface area contributed by atoms with E-state index in [0.717, 1.165) is 5.56 Å². The van der Waals surface area contributed by atoms with Gasteiger partial charge in [-0.3, -0.25) is 9.59 Å². The number of carbonyl (C=O) groups excluding carboxylic acids is 1. The summed E-state index contributed by atoms with van der Waals surface area (Å²) in [6.07, 6.45) is 3.43. The second-order valence-electron chi connectivity index (χ2n) is 4.05. The number of ether oxygens (including phenoxy) is 2. The van der Waals surface area contributed by atoms with Crippen molar-refractivity contribution in [2.75, 3.05) is 13.7 Å². The first-order valence-electron chi connectivity index (χ1n) is 6.27. The summed E-state index contributed by atoms with van der Waals surface area (Å²) in [6, 6.07) is 5.15. The molecule has 1 aromatic rings. The van der Waals surface area contributed by atoms with Gasteiger partial charge in [0, 0.05) is 0 Å². The van der Waals surface area contributed by atoms with Crippen molar-refractivity contribution in [1.29, 1.82) is 0 Å². The van der Waals surface area contributed by atoms with Crippen molar-refractivity contribution < 1.29 is 24.2 Å². The standard InChI is InChI=1S/C15H18O5/c1-3-20-15(18)6-4-5-11-9-13(19-2)8-7-12(11)10-14(16)17/h4-5,7-9H,3,6,10H2,1-2H3,(H,16,17). The van der Waals surface area contributed by atoms with E-state index in [1.807, 2.05) is 0 Å². The number of hydrogen-bond donors (Lipinski definition) is 1. The molecule has 0 heterocycles. The zero-order valence-electron chi connectivity index (χ0n) is 11.6.